The van der Waals surface area contributed by atoms with Crippen LogP contribution >= 0.6 is 0 Å². The van der Waals surface area contributed by atoms with E-state index in [9.17, 15) is 4.79 Å². The number of rotatable bonds is 7. The molecule has 0 aliphatic heterocycles. The second-order valence-corrected chi connectivity index (χ2v) is 7.16. The van der Waals surface area contributed by atoms with Gasteiger partial charge in [-0.25, -0.2) is 9.97 Å². The number of benzene rings is 1. The zero-order valence-corrected chi connectivity index (χ0v) is 16.7. The first kappa shape index (κ1) is 18.8. The van der Waals surface area contributed by atoms with E-state index in [4.69, 9.17) is 4.42 Å². The zero-order valence-electron chi connectivity index (χ0n) is 16.7. The molecule has 1 N–H and O–H groups in total. The molecule has 0 unspecified atom stereocenters. The van der Waals surface area contributed by atoms with Crippen molar-refractivity contribution in [1.82, 2.24) is 24.1 Å². The predicted octanol–water partition coefficient (Wildman–Crippen LogP) is 3.81. The number of fused-ring (bicyclic) bond motifs is 1. The lowest BCUT2D eigenvalue weighted by molar-refractivity contribution is -0.116. The largest absolute Gasteiger partial charge is 0.441 e. The summed E-state index contributed by atoms with van der Waals surface area (Å²) in [6.45, 7) is 0.524. The number of nitrogens with zero attached hydrogens (tertiary/aromatic N) is 5. The number of carbonyl (C=O) groups excluding carboxylic acids is 1. The summed E-state index contributed by atoms with van der Waals surface area (Å²) in [6.07, 6.45) is 9.73. The van der Waals surface area contributed by atoms with Crippen molar-refractivity contribution in [2.75, 3.05) is 5.32 Å². The van der Waals surface area contributed by atoms with Crippen LogP contribution in [-0.4, -0.2) is 30.1 Å². The maximum absolute atomic E-state index is 12.3. The number of hydrogen-bond acceptors (Lipinski definition) is 5. The number of nitrogens with one attached hydrogen (secondary N) is 1. The van der Waals surface area contributed by atoms with E-state index >= 15 is 0 Å². The number of aryl methyl sites for hydroxylation is 1. The molecule has 0 atom stereocenters. The molecule has 8 heteroatoms. The molecule has 154 valence electrons. The van der Waals surface area contributed by atoms with Gasteiger partial charge in [0.1, 0.15) is 5.65 Å². The van der Waals surface area contributed by atoms with Crippen molar-refractivity contribution in [3.63, 3.8) is 0 Å². The van der Waals surface area contributed by atoms with Crippen LogP contribution in [0, 0.1) is 0 Å². The normalized spacial score (nSPS) is 11.1. The maximum atomic E-state index is 12.3. The first-order valence-electron chi connectivity index (χ1n) is 9.98. The highest BCUT2D eigenvalue weighted by Gasteiger charge is 2.10. The van der Waals surface area contributed by atoms with Crippen LogP contribution in [-0.2, 0) is 17.8 Å². The lowest BCUT2D eigenvalue weighted by Crippen LogP contribution is -2.12. The molecule has 0 radical (unpaired) electrons. The zero-order chi connectivity index (χ0) is 21.0. The van der Waals surface area contributed by atoms with Crippen molar-refractivity contribution in [3.05, 3.63) is 91.1 Å². The summed E-state index contributed by atoms with van der Waals surface area (Å²) >= 11 is 0. The van der Waals surface area contributed by atoms with Gasteiger partial charge in [-0.3, -0.25) is 9.48 Å². The topological polar surface area (TPSA) is 90.3 Å². The highest BCUT2D eigenvalue weighted by molar-refractivity contribution is 5.90. The Bertz CT molecular complexity index is 1290. The number of amides is 1. The smallest absolute Gasteiger partial charge is 0.224 e. The van der Waals surface area contributed by atoms with Crippen LogP contribution in [0.5, 0.6) is 0 Å². The third kappa shape index (κ3) is 4.37. The van der Waals surface area contributed by atoms with Gasteiger partial charge in [-0.15, -0.1) is 0 Å². The summed E-state index contributed by atoms with van der Waals surface area (Å²) in [4.78, 5) is 21.1. The van der Waals surface area contributed by atoms with Gasteiger partial charge >= 0.3 is 0 Å². The second-order valence-electron chi connectivity index (χ2n) is 7.16. The van der Waals surface area contributed by atoms with Gasteiger partial charge in [0, 0.05) is 37.0 Å². The molecule has 0 aliphatic rings. The van der Waals surface area contributed by atoms with Crippen molar-refractivity contribution in [2.24, 2.45) is 0 Å². The number of hydrogen-bond donors (Lipinski definition) is 1. The molecular formula is C23H20N6O2. The molecule has 8 nitrogen and oxygen atoms in total. The van der Waals surface area contributed by atoms with Gasteiger partial charge in [-0.1, -0.05) is 36.4 Å². The van der Waals surface area contributed by atoms with Gasteiger partial charge < -0.3 is 14.1 Å². The Labute approximate surface area is 178 Å². The first-order chi connectivity index (χ1) is 15.2. The summed E-state index contributed by atoms with van der Waals surface area (Å²) in [5, 5.41) is 7.18. The minimum atomic E-state index is -0.119. The molecule has 0 fully saturated rings. The predicted molar refractivity (Wildman–Crippen MR) is 115 cm³/mol. The number of carbonyl (C=O) groups is 1. The van der Waals surface area contributed by atoms with Crippen LogP contribution in [0.25, 0.3) is 17.0 Å². The summed E-state index contributed by atoms with van der Waals surface area (Å²) in [6, 6.07) is 15.6. The van der Waals surface area contributed by atoms with Gasteiger partial charge in [0.25, 0.3) is 0 Å². The maximum Gasteiger partial charge on any atom is 0.224 e. The molecule has 0 bridgehead atoms. The van der Waals surface area contributed by atoms with Crippen LogP contribution in [0.15, 0.2) is 83.9 Å². The Morgan fingerprint density at radius 1 is 1.03 bits per heavy atom. The van der Waals surface area contributed by atoms with E-state index in [1.165, 1.54) is 0 Å². The van der Waals surface area contributed by atoms with Gasteiger partial charge in [0.2, 0.25) is 5.91 Å². The van der Waals surface area contributed by atoms with E-state index in [2.05, 4.69) is 20.4 Å². The standard InChI is InChI=1S/C23H20N6O2/c30-22(9-10-23-24-13-20(31-23)17-6-2-1-3-7-17)27-18-12-25-29(15-18)16-19-14-28-11-5-4-8-21(28)26-19/h1-8,11-15H,9-10,16H2,(H,27,30). The molecule has 0 aliphatic carbocycles. The van der Waals surface area contributed by atoms with Crippen LogP contribution in [0.3, 0.4) is 0 Å². The van der Waals surface area contributed by atoms with Crippen LogP contribution in [0.2, 0.25) is 0 Å². The average molecular weight is 412 g/mol. The van der Waals surface area contributed by atoms with Crippen LogP contribution in [0.4, 0.5) is 5.69 Å². The first-order valence-corrected chi connectivity index (χ1v) is 9.98. The molecule has 5 rings (SSSR count). The molecule has 1 aromatic carbocycles. The van der Waals surface area contributed by atoms with Crippen molar-refractivity contribution in [1.29, 1.82) is 0 Å². The number of imidazole rings is 1. The average Bonchev–Trinajstić information content (AvgIpc) is 3.52. The van der Waals surface area contributed by atoms with Gasteiger partial charge in [-0.05, 0) is 12.1 Å². The SMILES string of the molecule is O=C(CCc1ncc(-c2ccccc2)o1)Nc1cnn(Cc2cn3ccccc3n2)c1. The van der Waals surface area contributed by atoms with Crippen LogP contribution in [0.1, 0.15) is 18.0 Å². The number of anilines is 1. The quantitative estimate of drug-likeness (QED) is 0.439. The second kappa shape index (κ2) is 8.27. The van der Waals surface area contributed by atoms with Gasteiger partial charge in [-0.2, -0.15) is 5.10 Å². The molecule has 0 saturated heterocycles. The molecule has 5 aromatic rings. The van der Waals surface area contributed by atoms with Gasteiger partial charge in [0.05, 0.1) is 30.3 Å². The molecular weight excluding hydrogens is 392 g/mol. The summed E-state index contributed by atoms with van der Waals surface area (Å²) in [5.41, 5.74) is 3.39. The monoisotopic (exact) mass is 412 g/mol. The number of oxazole rings is 1. The van der Waals surface area contributed by atoms with Crippen molar-refractivity contribution in [2.45, 2.75) is 19.4 Å². The Balaban J connectivity index is 1.15. The van der Waals surface area contributed by atoms with E-state index < -0.39 is 0 Å². The summed E-state index contributed by atoms with van der Waals surface area (Å²) in [5.74, 6) is 1.12. The molecule has 4 aromatic heterocycles. The minimum Gasteiger partial charge on any atom is -0.441 e. The number of aromatic nitrogens is 5. The highest BCUT2D eigenvalue weighted by Crippen LogP contribution is 2.20. The molecule has 0 saturated carbocycles. The molecule has 31 heavy (non-hydrogen) atoms. The van der Waals surface area contributed by atoms with Crippen molar-refractivity contribution in [3.8, 4) is 11.3 Å². The third-order valence-corrected chi connectivity index (χ3v) is 4.83. The number of pyridine rings is 1. The summed E-state index contributed by atoms with van der Waals surface area (Å²) < 4.78 is 9.46. The highest BCUT2D eigenvalue weighted by atomic mass is 16.4. The van der Waals surface area contributed by atoms with Crippen LogP contribution < -0.4 is 5.32 Å². The van der Waals surface area contributed by atoms with E-state index in [1.54, 1.807) is 23.3 Å². The van der Waals surface area contributed by atoms with E-state index in [0.29, 0.717) is 30.3 Å². The third-order valence-electron chi connectivity index (χ3n) is 4.83. The minimum absolute atomic E-state index is 0.119. The van der Waals surface area contributed by atoms with E-state index in [0.717, 1.165) is 16.9 Å². The Kier molecular flexibility index (Phi) is 5.02. The Morgan fingerprint density at radius 3 is 2.77 bits per heavy atom. The molecule has 4 heterocycles. The fourth-order valence-electron chi connectivity index (χ4n) is 3.35. The van der Waals surface area contributed by atoms with Crippen molar-refractivity contribution < 1.29 is 9.21 Å². The lowest BCUT2D eigenvalue weighted by Gasteiger charge is -2.01. The molecule has 1 amide bonds. The molecule has 0 spiro atoms. The van der Waals surface area contributed by atoms with E-state index in [1.807, 2.05) is 65.3 Å². The van der Waals surface area contributed by atoms with Crippen molar-refractivity contribution >= 4 is 17.2 Å². The Morgan fingerprint density at radius 2 is 1.90 bits per heavy atom. The van der Waals surface area contributed by atoms with Gasteiger partial charge in [0.15, 0.2) is 11.7 Å². The fourth-order valence-corrected chi connectivity index (χ4v) is 3.35. The Hall–Kier alpha value is -4.20. The lowest BCUT2D eigenvalue weighted by atomic mass is 10.2. The fraction of sp³-hybridized carbons (Fsp3) is 0.130. The van der Waals surface area contributed by atoms with E-state index in [-0.39, 0.29) is 12.3 Å². The summed E-state index contributed by atoms with van der Waals surface area (Å²) in [7, 11) is 0.